The highest BCUT2D eigenvalue weighted by Gasteiger charge is 2.22. The summed E-state index contributed by atoms with van der Waals surface area (Å²) in [6, 6.07) is 11.9. The van der Waals surface area contributed by atoms with Crippen molar-refractivity contribution in [3.8, 4) is 11.5 Å². The Balaban J connectivity index is 1.48. The zero-order valence-corrected chi connectivity index (χ0v) is 16.2. The number of benzene rings is 2. The fraction of sp³-hybridized carbons (Fsp3) is 0.238. The molecule has 2 aromatic rings. The van der Waals surface area contributed by atoms with Gasteiger partial charge in [0.25, 0.3) is 5.91 Å². The standard InChI is InChI=1S/C21H23N3O6/c25-18-7-3-16(13-19(18)26)14-30-21(28)24-11-9-23(10-12-24)17-5-1-15(2-6-17)4-8-20(27)22-29/h1-8,13,25-26,29H,9-12,14H2,(H,22,27)/b8-4+. The van der Waals surface area contributed by atoms with E-state index in [9.17, 15) is 19.8 Å². The van der Waals surface area contributed by atoms with Crippen LogP contribution in [0.5, 0.6) is 11.5 Å². The van der Waals surface area contributed by atoms with Gasteiger partial charge in [-0.3, -0.25) is 10.0 Å². The lowest BCUT2D eigenvalue weighted by Gasteiger charge is -2.35. The Kier molecular flexibility index (Phi) is 6.76. The van der Waals surface area contributed by atoms with E-state index in [4.69, 9.17) is 9.94 Å². The van der Waals surface area contributed by atoms with Crippen LogP contribution in [0.4, 0.5) is 10.5 Å². The minimum Gasteiger partial charge on any atom is -0.504 e. The average molecular weight is 413 g/mol. The van der Waals surface area contributed by atoms with E-state index < -0.39 is 12.0 Å². The quantitative estimate of drug-likeness (QED) is 0.256. The van der Waals surface area contributed by atoms with Crippen molar-refractivity contribution in [1.29, 1.82) is 0 Å². The first-order chi connectivity index (χ1) is 14.5. The van der Waals surface area contributed by atoms with Gasteiger partial charge in [0.1, 0.15) is 6.61 Å². The summed E-state index contributed by atoms with van der Waals surface area (Å²) in [6.45, 7) is 2.33. The number of rotatable bonds is 5. The van der Waals surface area contributed by atoms with Gasteiger partial charge < -0.3 is 24.7 Å². The number of phenols is 2. The Morgan fingerprint density at radius 1 is 1.00 bits per heavy atom. The molecule has 1 fully saturated rings. The van der Waals surface area contributed by atoms with Crippen LogP contribution in [-0.2, 0) is 16.1 Å². The van der Waals surface area contributed by atoms with Crippen LogP contribution in [0.15, 0.2) is 48.5 Å². The topological polar surface area (TPSA) is 123 Å². The van der Waals surface area contributed by atoms with Crippen molar-refractivity contribution >= 4 is 23.8 Å². The molecule has 0 aromatic heterocycles. The van der Waals surface area contributed by atoms with Crippen molar-refractivity contribution in [2.75, 3.05) is 31.1 Å². The third-order valence-electron chi connectivity index (χ3n) is 4.74. The van der Waals surface area contributed by atoms with Crippen LogP contribution in [0.2, 0.25) is 0 Å². The number of piperazine rings is 1. The summed E-state index contributed by atoms with van der Waals surface area (Å²) in [6.07, 6.45) is 2.40. The van der Waals surface area contributed by atoms with Crippen LogP contribution in [0.3, 0.4) is 0 Å². The van der Waals surface area contributed by atoms with Gasteiger partial charge in [-0.2, -0.15) is 0 Å². The minimum atomic E-state index is -0.593. The van der Waals surface area contributed by atoms with E-state index in [-0.39, 0.29) is 18.1 Å². The van der Waals surface area contributed by atoms with Crippen molar-refractivity contribution < 1.29 is 29.7 Å². The molecule has 1 heterocycles. The number of phenolic OH excluding ortho intramolecular Hbond substituents is 2. The van der Waals surface area contributed by atoms with E-state index in [1.807, 2.05) is 24.3 Å². The van der Waals surface area contributed by atoms with Crippen molar-refractivity contribution in [2.24, 2.45) is 0 Å². The van der Waals surface area contributed by atoms with Crippen LogP contribution in [0.1, 0.15) is 11.1 Å². The number of hydrogen-bond donors (Lipinski definition) is 4. The summed E-state index contributed by atoms with van der Waals surface area (Å²) in [7, 11) is 0. The number of hydroxylamine groups is 1. The molecule has 0 atom stereocenters. The lowest BCUT2D eigenvalue weighted by molar-refractivity contribution is -0.124. The number of anilines is 1. The first kappa shape index (κ1) is 21.0. The van der Waals surface area contributed by atoms with Gasteiger partial charge in [-0.15, -0.1) is 0 Å². The molecule has 0 saturated carbocycles. The third kappa shape index (κ3) is 5.42. The highest BCUT2D eigenvalue weighted by atomic mass is 16.6. The van der Waals surface area contributed by atoms with E-state index in [0.717, 1.165) is 11.3 Å². The molecule has 1 saturated heterocycles. The fourth-order valence-corrected chi connectivity index (χ4v) is 3.05. The van der Waals surface area contributed by atoms with Gasteiger partial charge in [0, 0.05) is 37.9 Å². The second-order valence-corrected chi connectivity index (χ2v) is 6.75. The van der Waals surface area contributed by atoms with Gasteiger partial charge in [-0.25, -0.2) is 10.3 Å². The molecule has 4 N–H and O–H groups in total. The molecule has 0 aliphatic carbocycles. The minimum absolute atomic E-state index is 0.0101. The number of amides is 2. The molecule has 1 aliphatic rings. The second kappa shape index (κ2) is 9.66. The maximum atomic E-state index is 12.3. The number of ether oxygens (including phenoxy) is 1. The number of carbonyl (C=O) groups is 2. The molecule has 1 aliphatic heterocycles. The number of nitrogens with zero attached hydrogens (tertiary/aromatic N) is 2. The maximum absolute atomic E-state index is 12.3. The Bertz CT molecular complexity index is 921. The molecule has 0 radical (unpaired) electrons. The summed E-state index contributed by atoms with van der Waals surface area (Å²) in [5, 5.41) is 27.3. The Morgan fingerprint density at radius 3 is 2.33 bits per heavy atom. The normalized spacial score (nSPS) is 14.0. The largest absolute Gasteiger partial charge is 0.504 e. The molecule has 3 rings (SSSR count). The zero-order chi connectivity index (χ0) is 21.5. The van der Waals surface area contributed by atoms with E-state index in [2.05, 4.69) is 4.90 Å². The molecule has 0 spiro atoms. The summed E-state index contributed by atoms with van der Waals surface area (Å²) < 4.78 is 5.29. The second-order valence-electron chi connectivity index (χ2n) is 6.75. The zero-order valence-electron chi connectivity index (χ0n) is 16.2. The maximum Gasteiger partial charge on any atom is 0.410 e. The molecular weight excluding hydrogens is 390 g/mol. The highest BCUT2D eigenvalue weighted by Crippen LogP contribution is 2.25. The molecular formula is C21H23N3O6. The van der Waals surface area contributed by atoms with Gasteiger partial charge in [0.15, 0.2) is 11.5 Å². The lowest BCUT2D eigenvalue weighted by atomic mass is 10.1. The van der Waals surface area contributed by atoms with Crippen LogP contribution >= 0.6 is 0 Å². The van der Waals surface area contributed by atoms with E-state index >= 15 is 0 Å². The molecule has 2 amide bonds. The number of nitrogens with one attached hydrogen (secondary N) is 1. The van der Waals surface area contributed by atoms with Gasteiger partial charge in [-0.1, -0.05) is 18.2 Å². The van der Waals surface area contributed by atoms with Crippen molar-refractivity contribution in [2.45, 2.75) is 6.61 Å². The van der Waals surface area contributed by atoms with Crippen molar-refractivity contribution in [3.05, 3.63) is 59.7 Å². The summed E-state index contributed by atoms with van der Waals surface area (Å²) in [5.74, 6) is -1.07. The first-order valence-corrected chi connectivity index (χ1v) is 9.36. The predicted octanol–water partition coefficient (Wildman–Crippen LogP) is 2.08. The number of carbonyl (C=O) groups excluding carboxylic acids is 2. The molecule has 2 aromatic carbocycles. The summed E-state index contributed by atoms with van der Waals surface area (Å²) in [5.41, 5.74) is 3.95. The lowest BCUT2D eigenvalue weighted by Crippen LogP contribution is -2.48. The fourth-order valence-electron chi connectivity index (χ4n) is 3.05. The molecule has 9 nitrogen and oxygen atoms in total. The Hall–Kier alpha value is -3.72. The van der Waals surface area contributed by atoms with Gasteiger partial charge in [0.05, 0.1) is 0 Å². The molecule has 158 valence electrons. The number of hydrogen-bond acceptors (Lipinski definition) is 7. The van der Waals surface area contributed by atoms with Crippen LogP contribution in [0.25, 0.3) is 6.08 Å². The summed E-state index contributed by atoms with van der Waals surface area (Å²) in [4.78, 5) is 27.1. The SMILES string of the molecule is O=C(/C=C/c1ccc(N2CCN(C(=O)OCc3ccc(O)c(O)c3)CC2)cc1)NO. The molecule has 0 unspecified atom stereocenters. The van der Waals surface area contributed by atoms with Crippen LogP contribution in [0, 0.1) is 0 Å². The van der Waals surface area contributed by atoms with Crippen LogP contribution in [-0.4, -0.2) is 58.5 Å². The Morgan fingerprint density at radius 2 is 1.70 bits per heavy atom. The van der Waals surface area contributed by atoms with Gasteiger partial charge >= 0.3 is 6.09 Å². The number of aromatic hydroxyl groups is 2. The third-order valence-corrected chi connectivity index (χ3v) is 4.74. The predicted molar refractivity (Wildman–Crippen MR) is 109 cm³/mol. The summed E-state index contributed by atoms with van der Waals surface area (Å²) >= 11 is 0. The highest BCUT2D eigenvalue weighted by molar-refractivity contribution is 5.90. The monoisotopic (exact) mass is 413 g/mol. The Labute approximate surface area is 173 Å². The smallest absolute Gasteiger partial charge is 0.410 e. The van der Waals surface area contributed by atoms with Gasteiger partial charge in [-0.05, 0) is 41.5 Å². The molecule has 9 heteroatoms. The van der Waals surface area contributed by atoms with Gasteiger partial charge in [0.2, 0.25) is 0 Å². The van der Waals surface area contributed by atoms with E-state index in [0.29, 0.717) is 31.7 Å². The van der Waals surface area contributed by atoms with E-state index in [1.165, 1.54) is 23.7 Å². The molecule has 30 heavy (non-hydrogen) atoms. The van der Waals surface area contributed by atoms with E-state index in [1.54, 1.807) is 17.0 Å². The molecule has 0 bridgehead atoms. The van der Waals surface area contributed by atoms with Crippen molar-refractivity contribution in [1.82, 2.24) is 10.4 Å². The van der Waals surface area contributed by atoms with Crippen molar-refractivity contribution in [3.63, 3.8) is 0 Å². The average Bonchev–Trinajstić information content (AvgIpc) is 2.78. The first-order valence-electron chi connectivity index (χ1n) is 9.36. The van der Waals surface area contributed by atoms with Crippen LogP contribution < -0.4 is 10.4 Å².